The predicted molar refractivity (Wildman–Crippen MR) is 81.8 cm³/mol. The maximum Gasteiger partial charge on any atom is 0.124 e. The van der Waals surface area contributed by atoms with Crippen LogP contribution in [-0.2, 0) is 0 Å². The van der Waals surface area contributed by atoms with E-state index in [2.05, 4.69) is 17.2 Å². The van der Waals surface area contributed by atoms with Crippen LogP contribution in [0.1, 0.15) is 30.0 Å². The summed E-state index contributed by atoms with van der Waals surface area (Å²) in [6.07, 6.45) is 2.89. The van der Waals surface area contributed by atoms with Gasteiger partial charge in [0, 0.05) is 17.1 Å². The fourth-order valence-corrected chi connectivity index (χ4v) is 2.79. The lowest BCUT2D eigenvalue weighted by Crippen LogP contribution is -2.23. The molecule has 0 spiro atoms. The molecule has 1 heterocycles. The van der Waals surface area contributed by atoms with E-state index in [4.69, 9.17) is 9.47 Å². The Hall–Kier alpha value is -1.59. The zero-order valence-electron chi connectivity index (χ0n) is 12.1. The van der Waals surface area contributed by atoms with Gasteiger partial charge in [0.1, 0.15) is 16.5 Å². The van der Waals surface area contributed by atoms with Crippen molar-refractivity contribution in [2.75, 3.05) is 20.8 Å². The molecular weight excluding hydrogens is 272 g/mol. The quantitative estimate of drug-likeness (QED) is 0.850. The molecule has 1 N–H and O–H groups in total. The minimum atomic E-state index is 0.0278. The Morgan fingerprint density at radius 1 is 1.30 bits per heavy atom. The van der Waals surface area contributed by atoms with E-state index in [1.54, 1.807) is 25.6 Å². The molecule has 20 heavy (non-hydrogen) atoms. The van der Waals surface area contributed by atoms with Crippen molar-refractivity contribution >= 4 is 11.3 Å². The predicted octanol–water partition coefficient (Wildman–Crippen LogP) is 3.25. The Bertz CT molecular complexity index is 529. The molecule has 0 bridgehead atoms. The number of hydrogen-bond donors (Lipinski definition) is 1. The van der Waals surface area contributed by atoms with Crippen LogP contribution in [0, 0.1) is 0 Å². The van der Waals surface area contributed by atoms with Crippen LogP contribution >= 0.6 is 11.3 Å². The normalized spacial score (nSPS) is 12.2. The molecule has 2 rings (SSSR count). The van der Waals surface area contributed by atoms with Crippen LogP contribution in [0.3, 0.4) is 0 Å². The van der Waals surface area contributed by atoms with E-state index in [0.717, 1.165) is 35.0 Å². The minimum Gasteiger partial charge on any atom is -0.497 e. The molecule has 4 nitrogen and oxygen atoms in total. The van der Waals surface area contributed by atoms with E-state index in [1.165, 1.54) is 0 Å². The van der Waals surface area contributed by atoms with E-state index in [-0.39, 0.29) is 6.04 Å². The molecule has 2 aromatic rings. The first kappa shape index (κ1) is 14.8. The van der Waals surface area contributed by atoms with Gasteiger partial charge in [-0.1, -0.05) is 6.92 Å². The van der Waals surface area contributed by atoms with E-state index in [1.807, 2.05) is 29.8 Å². The number of nitrogens with zero attached hydrogens (tertiary/aromatic N) is 1. The van der Waals surface area contributed by atoms with E-state index in [9.17, 15) is 0 Å². The third kappa shape index (κ3) is 3.29. The summed E-state index contributed by atoms with van der Waals surface area (Å²) in [6, 6.07) is 5.87. The van der Waals surface area contributed by atoms with Crippen LogP contribution in [0.15, 0.2) is 29.8 Å². The third-order valence-electron chi connectivity index (χ3n) is 3.04. The van der Waals surface area contributed by atoms with Crippen LogP contribution in [0.25, 0.3) is 0 Å². The fourth-order valence-electron chi connectivity index (χ4n) is 2.06. The summed E-state index contributed by atoms with van der Waals surface area (Å²) < 4.78 is 10.8. The number of methoxy groups -OCH3 is 2. The second kappa shape index (κ2) is 7.26. The molecule has 0 aliphatic heterocycles. The summed E-state index contributed by atoms with van der Waals surface area (Å²) in [5.41, 5.74) is 1.05. The highest BCUT2D eigenvalue weighted by atomic mass is 32.1. The van der Waals surface area contributed by atoms with Crippen LogP contribution in [-0.4, -0.2) is 25.7 Å². The molecule has 0 fully saturated rings. The van der Waals surface area contributed by atoms with Gasteiger partial charge >= 0.3 is 0 Å². The van der Waals surface area contributed by atoms with Gasteiger partial charge in [-0.25, -0.2) is 4.98 Å². The first-order valence-corrected chi connectivity index (χ1v) is 7.52. The number of hydrogen-bond acceptors (Lipinski definition) is 5. The number of benzene rings is 1. The maximum absolute atomic E-state index is 5.49. The summed E-state index contributed by atoms with van der Waals surface area (Å²) in [4.78, 5) is 4.44. The molecule has 0 aliphatic rings. The highest BCUT2D eigenvalue weighted by molar-refractivity contribution is 7.09. The summed E-state index contributed by atoms with van der Waals surface area (Å²) >= 11 is 1.64. The zero-order chi connectivity index (χ0) is 14.4. The van der Waals surface area contributed by atoms with Gasteiger partial charge in [0.2, 0.25) is 0 Å². The van der Waals surface area contributed by atoms with Crippen molar-refractivity contribution in [2.24, 2.45) is 0 Å². The van der Waals surface area contributed by atoms with Gasteiger partial charge in [-0.2, -0.15) is 0 Å². The molecule has 0 amide bonds. The van der Waals surface area contributed by atoms with E-state index >= 15 is 0 Å². The smallest absolute Gasteiger partial charge is 0.124 e. The van der Waals surface area contributed by atoms with Gasteiger partial charge in [-0.3, -0.25) is 0 Å². The molecule has 108 valence electrons. The van der Waals surface area contributed by atoms with E-state index in [0.29, 0.717) is 0 Å². The lowest BCUT2D eigenvalue weighted by atomic mass is 10.1. The zero-order valence-corrected chi connectivity index (χ0v) is 12.9. The van der Waals surface area contributed by atoms with Gasteiger partial charge in [0.05, 0.1) is 20.3 Å². The Morgan fingerprint density at radius 2 is 2.15 bits per heavy atom. The molecule has 0 radical (unpaired) electrons. The lowest BCUT2D eigenvalue weighted by molar-refractivity contribution is 0.393. The first-order valence-electron chi connectivity index (χ1n) is 6.64. The third-order valence-corrected chi connectivity index (χ3v) is 3.89. The summed E-state index contributed by atoms with van der Waals surface area (Å²) in [6.45, 7) is 3.07. The van der Waals surface area contributed by atoms with Crippen molar-refractivity contribution in [3.05, 3.63) is 40.3 Å². The molecule has 1 aromatic carbocycles. The monoisotopic (exact) mass is 292 g/mol. The lowest BCUT2D eigenvalue weighted by Gasteiger charge is -2.20. The Balaban J connectivity index is 2.41. The molecule has 0 saturated carbocycles. The van der Waals surface area contributed by atoms with Crippen molar-refractivity contribution in [2.45, 2.75) is 19.4 Å². The van der Waals surface area contributed by atoms with Crippen LogP contribution < -0.4 is 14.8 Å². The highest BCUT2D eigenvalue weighted by Gasteiger charge is 2.20. The SMILES string of the molecule is CCCNC(c1nccs1)c1cc(OC)ccc1OC. The van der Waals surface area contributed by atoms with Crippen LogP contribution in [0.2, 0.25) is 0 Å². The fraction of sp³-hybridized carbons (Fsp3) is 0.400. The standard InChI is InChI=1S/C15H20N2O2S/c1-4-7-16-14(15-17-8-9-20-15)12-10-11(18-2)5-6-13(12)19-3/h5-6,8-10,14,16H,4,7H2,1-3H3. The van der Waals surface area contributed by atoms with E-state index < -0.39 is 0 Å². The first-order chi connectivity index (χ1) is 9.80. The molecule has 1 atom stereocenters. The van der Waals surface area contributed by atoms with Gasteiger partial charge in [0.25, 0.3) is 0 Å². The number of thiazole rings is 1. The summed E-state index contributed by atoms with van der Waals surface area (Å²) in [7, 11) is 3.35. The summed E-state index contributed by atoms with van der Waals surface area (Å²) in [5, 5.41) is 6.55. The molecule has 1 aromatic heterocycles. The number of nitrogens with one attached hydrogen (secondary N) is 1. The highest BCUT2D eigenvalue weighted by Crippen LogP contribution is 2.33. The van der Waals surface area contributed by atoms with Crippen molar-refractivity contribution in [1.29, 1.82) is 0 Å². The number of ether oxygens (including phenoxy) is 2. The van der Waals surface area contributed by atoms with Crippen molar-refractivity contribution in [3.63, 3.8) is 0 Å². The van der Waals surface area contributed by atoms with Crippen molar-refractivity contribution in [1.82, 2.24) is 10.3 Å². The topological polar surface area (TPSA) is 43.4 Å². The van der Waals surface area contributed by atoms with Crippen molar-refractivity contribution in [3.8, 4) is 11.5 Å². The Labute approximate surface area is 123 Å². The van der Waals surface area contributed by atoms with Gasteiger partial charge in [-0.15, -0.1) is 11.3 Å². The maximum atomic E-state index is 5.49. The Morgan fingerprint density at radius 3 is 2.75 bits per heavy atom. The van der Waals surface area contributed by atoms with Gasteiger partial charge in [-0.05, 0) is 31.2 Å². The second-order valence-corrected chi connectivity index (χ2v) is 5.29. The largest absolute Gasteiger partial charge is 0.497 e. The van der Waals surface area contributed by atoms with Gasteiger partial charge < -0.3 is 14.8 Å². The molecule has 1 unspecified atom stereocenters. The van der Waals surface area contributed by atoms with Crippen molar-refractivity contribution < 1.29 is 9.47 Å². The van der Waals surface area contributed by atoms with Crippen LogP contribution in [0.4, 0.5) is 0 Å². The average Bonchev–Trinajstić information content (AvgIpc) is 3.01. The number of aromatic nitrogens is 1. The molecule has 0 saturated heterocycles. The van der Waals surface area contributed by atoms with Gasteiger partial charge in [0.15, 0.2) is 0 Å². The second-order valence-electron chi connectivity index (χ2n) is 4.37. The molecule has 5 heteroatoms. The molecule has 0 aliphatic carbocycles. The molecular formula is C15H20N2O2S. The van der Waals surface area contributed by atoms with Crippen LogP contribution in [0.5, 0.6) is 11.5 Å². The number of rotatable bonds is 7. The summed E-state index contributed by atoms with van der Waals surface area (Å²) in [5.74, 6) is 1.66. The average molecular weight is 292 g/mol. The minimum absolute atomic E-state index is 0.0278. The Kier molecular flexibility index (Phi) is 5.38.